The average Bonchev–Trinajstić information content (AvgIpc) is 2.46. The van der Waals surface area contributed by atoms with Crippen LogP contribution in [0.2, 0.25) is 0 Å². The molecule has 1 aliphatic heterocycles. The van der Waals surface area contributed by atoms with Crippen LogP contribution in [-0.4, -0.2) is 47.4 Å². The Labute approximate surface area is 128 Å². The first kappa shape index (κ1) is 16.0. The number of carbonyl (C=O) groups is 1. The molecule has 0 radical (unpaired) electrons. The predicted molar refractivity (Wildman–Crippen MR) is 84.8 cm³/mol. The number of hydrogen-bond donors (Lipinski definition) is 0. The van der Waals surface area contributed by atoms with Crippen molar-refractivity contribution >= 4 is 5.91 Å². The van der Waals surface area contributed by atoms with Gasteiger partial charge in [0.2, 0.25) is 5.91 Å². The highest BCUT2D eigenvalue weighted by Gasteiger charge is 2.26. The van der Waals surface area contributed by atoms with Crippen molar-refractivity contribution in [1.82, 2.24) is 14.8 Å². The standard InChI is InChI=1S/C17H27N3O/c1-13-9-14(2)11-20(10-13)17(21)12-19(4)15(3)16-7-5-6-8-18-16/h5-8,13-15H,9-12H2,1-4H3/t13-,14+,15-/m0/s1. The monoisotopic (exact) mass is 289 g/mol. The predicted octanol–water partition coefficient (Wildman–Crippen LogP) is 2.58. The van der Waals surface area contributed by atoms with E-state index in [-0.39, 0.29) is 11.9 Å². The number of nitrogens with zero attached hydrogens (tertiary/aromatic N) is 3. The number of hydrogen-bond acceptors (Lipinski definition) is 3. The fourth-order valence-corrected chi connectivity index (χ4v) is 3.17. The Morgan fingerprint density at radius 3 is 2.62 bits per heavy atom. The Morgan fingerprint density at radius 2 is 2.05 bits per heavy atom. The lowest BCUT2D eigenvalue weighted by Gasteiger charge is -2.36. The second-order valence-corrected chi connectivity index (χ2v) is 6.59. The van der Waals surface area contributed by atoms with Gasteiger partial charge in [-0.05, 0) is 44.4 Å². The highest BCUT2D eigenvalue weighted by atomic mass is 16.2. The summed E-state index contributed by atoms with van der Waals surface area (Å²) in [4.78, 5) is 21.0. The van der Waals surface area contributed by atoms with Gasteiger partial charge in [0.05, 0.1) is 12.2 Å². The number of pyridine rings is 1. The molecule has 0 bridgehead atoms. The summed E-state index contributed by atoms with van der Waals surface area (Å²) in [7, 11) is 1.99. The molecular weight excluding hydrogens is 262 g/mol. The molecule has 0 aromatic carbocycles. The molecule has 4 nitrogen and oxygen atoms in total. The van der Waals surface area contributed by atoms with E-state index in [1.807, 2.05) is 30.1 Å². The van der Waals surface area contributed by atoms with Crippen molar-refractivity contribution in [2.24, 2.45) is 11.8 Å². The molecule has 1 fully saturated rings. The molecule has 116 valence electrons. The number of carbonyl (C=O) groups excluding carboxylic acids is 1. The van der Waals surface area contributed by atoms with Gasteiger partial charge in [-0.2, -0.15) is 0 Å². The molecular formula is C17H27N3O. The Bertz CT molecular complexity index is 452. The maximum absolute atomic E-state index is 12.5. The molecule has 0 N–H and O–H groups in total. The highest BCUT2D eigenvalue weighted by molar-refractivity contribution is 5.78. The number of likely N-dealkylation sites (tertiary alicyclic amines) is 1. The summed E-state index contributed by atoms with van der Waals surface area (Å²) in [6.45, 7) is 8.81. The fourth-order valence-electron chi connectivity index (χ4n) is 3.17. The third-order valence-corrected chi connectivity index (χ3v) is 4.38. The van der Waals surface area contributed by atoms with Crippen LogP contribution in [0.25, 0.3) is 0 Å². The van der Waals surface area contributed by atoms with Crippen LogP contribution in [-0.2, 0) is 4.79 Å². The smallest absolute Gasteiger partial charge is 0.236 e. The summed E-state index contributed by atoms with van der Waals surface area (Å²) in [5.74, 6) is 1.45. The second kappa shape index (κ2) is 7.03. The van der Waals surface area contributed by atoms with Crippen LogP contribution in [0.3, 0.4) is 0 Å². The van der Waals surface area contributed by atoms with Crippen LogP contribution >= 0.6 is 0 Å². The van der Waals surface area contributed by atoms with E-state index in [2.05, 4.69) is 30.7 Å². The molecule has 0 spiro atoms. The van der Waals surface area contributed by atoms with Crippen LogP contribution in [0.5, 0.6) is 0 Å². The van der Waals surface area contributed by atoms with Crippen molar-refractivity contribution in [2.75, 3.05) is 26.7 Å². The van der Waals surface area contributed by atoms with Crippen LogP contribution in [0.15, 0.2) is 24.4 Å². The first-order valence-corrected chi connectivity index (χ1v) is 7.86. The van der Waals surface area contributed by atoms with Crippen LogP contribution in [0, 0.1) is 11.8 Å². The Hall–Kier alpha value is -1.42. The molecule has 1 aliphatic rings. The van der Waals surface area contributed by atoms with E-state index in [1.165, 1.54) is 6.42 Å². The van der Waals surface area contributed by atoms with Crippen molar-refractivity contribution in [3.63, 3.8) is 0 Å². The lowest BCUT2D eigenvalue weighted by Crippen LogP contribution is -2.46. The Morgan fingerprint density at radius 1 is 1.38 bits per heavy atom. The molecule has 1 aromatic rings. The molecule has 2 rings (SSSR count). The summed E-state index contributed by atoms with van der Waals surface area (Å²) >= 11 is 0. The topological polar surface area (TPSA) is 36.4 Å². The highest BCUT2D eigenvalue weighted by Crippen LogP contribution is 2.22. The summed E-state index contributed by atoms with van der Waals surface area (Å²) in [5.41, 5.74) is 1.01. The van der Waals surface area contributed by atoms with Gasteiger partial charge in [0.15, 0.2) is 0 Å². The molecule has 1 amide bonds. The lowest BCUT2D eigenvalue weighted by molar-refractivity contribution is -0.135. The average molecular weight is 289 g/mol. The molecule has 3 atom stereocenters. The van der Waals surface area contributed by atoms with E-state index in [0.29, 0.717) is 18.4 Å². The molecule has 4 heteroatoms. The van der Waals surface area contributed by atoms with Gasteiger partial charge in [0, 0.05) is 25.3 Å². The molecule has 0 unspecified atom stereocenters. The summed E-state index contributed by atoms with van der Waals surface area (Å²) in [6.07, 6.45) is 3.03. The zero-order valence-electron chi connectivity index (χ0n) is 13.6. The first-order chi connectivity index (χ1) is 9.97. The number of piperidine rings is 1. The van der Waals surface area contributed by atoms with Crippen molar-refractivity contribution in [2.45, 2.75) is 33.2 Å². The number of likely N-dealkylation sites (N-methyl/N-ethyl adjacent to an activating group) is 1. The van der Waals surface area contributed by atoms with E-state index in [1.54, 1.807) is 6.20 Å². The summed E-state index contributed by atoms with van der Waals surface area (Å²) < 4.78 is 0. The second-order valence-electron chi connectivity index (χ2n) is 6.59. The zero-order chi connectivity index (χ0) is 15.4. The van der Waals surface area contributed by atoms with E-state index >= 15 is 0 Å². The maximum Gasteiger partial charge on any atom is 0.236 e. The van der Waals surface area contributed by atoms with E-state index < -0.39 is 0 Å². The maximum atomic E-state index is 12.5. The number of aromatic nitrogens is 1. The minimum absolute atomic E-state index is 0.148. The van der Waals surface area contributed by atoms with Gasteiger partial charge in [0.25, 0.3) is 0 Å². The molecule has 1 aromatic heterocycles. The lowest BCUT2D eigenvalue weighted by atomic mass is 9.92. The normalized spacial score (nSPS) is 24.1. The first-order valence-electron chi connectivity index (χ1n) is 7.86. The van der Waals surface area contributed by atoms with Crippen molar-refractivity contribution in [3.05, 3.63) is 30.1 Å². The van der Waals surface area contributed by atoms with E-state index in [4.69, 9.17) is 0 Å². The molecule has 21 heavy (non-hydrogen) atoms. The van der Waals surface area contributed by atoms with Gasteiger partial charge in [0.1, 0.15) is 0 Å². The fraction of sp³-hybridized carbons (Fsp3) is 0.647. The SMILES string of the molecule is C[C@@H]1C[C@H](C)CN(C(=O)CN(C)[C@@H](C)c2ccccn2)C1. The van der Waals surface area contributed by atoms with Crippen molar-refractivity contribution < 1.29 is 4.79 Å². The van der Waals surface area contributed by atoms with Gasteiger partial charge >= 0.3 is 0 Å². The Balaban J connectivity index is 1.92. The van der Waals surface area contributed by atoms with Gasteiger partial charge in [-0.25, -0.2) is 0 Å². The minimum Gasteiger partial charge on any atom is -0.341 e. The van der Waals surface area contributed by atoms with Crippen molar-refractivity contribution in [3.8, 4) is 0 Å². The van der Waals surface area contributed by atoms with Gasteiger partial charge in [-0.1, -0.05) is 19.9 Å². The van der Waals surface area contributed by atoms with Crippen molar-refractivity contribution in [1.29, 1.82) is 0 Å². The number of rotatable bonds is 4. The largest absolute Gasteiger partial charge is 0.341 e. The molecule has 1 saturated heterocycles. The van der Waals surface area contributed by atoms with E-state index in [9.17, 15) is 4.79 Å². The minimum atomic E-state index is 0.148. The zero-order valence-corrected chi connectivity index (χ0v) is 13.6. The third-order valence-electron chi connectivity index (χ3n) is 4.38. The third kappa shape index (κ3) is 4.27. The quantitative estimate of drug-likeness (QED) is 0.855. The number of amides is 1. The van der Waals surface area contributed by atoms with Gasteiger partial charge in [-0.15, -0.1) is 0 Å². The molecule has 0 aliphatic carbocycles. The molecule has 2 heterocycles. The van der Waals surface area contributed by atoms with Gasteiger partial charge < -0.3 is 4.90 Å². The van der Waals surface area contributed by atoms with Gasteiger partial charge in [-0.3, -0.25) is 14.7 Å². The summed E-state index contributed by atoms with van der Waals surface area (Å²) in [5, 5.41) is 0. The summed E-state index contributed by atoms with van der Waals surface area (Å²) in [6, 6.07) is 6.06. The molecule has 0 saturated carbocycles. The van der Waals surface area contributed by atoms with Crippen LogP contribution in [0.1, 0.15) is 38.9 Å². The van der Waals surface area contributed by atoms with E-state index in [0.717, 1.165) is 18.8 Å². The Kier molecular flexibility index (Phi) is 5.34. The van der Waals surface area contributed by atoms with Crippen LogP contribution in [0.4, 0.5) is 0 Å². The van der Waals surface area contributed by atoms with Crippen LogP contribution < -0.4 is 0 Å².